The number of nitrogens with zero attached hydrogens (tertiary/aromatic N) is 3. The van der Waals surface area contributed by atoms with Crippen molar-refractivity contribution in [3.8, 4) is 0 Å². The van der Waals surface area contributed by atoms with Gasteiger partial charge in [0, 0.05) is 19.0 Å². The molecule has 1 aliphatic heterocycles. The third-order valence-corrected chi connectivity index (χ3v) is 3.14. The molecule has 1 fully saturated rings. The number of likely N-dealkylation sites (tertiary alicyclic amines) is 1. The summed E-state index contributed by atoms with van der Waals surface area (Å²) in [6, 6.07) is 0. The van der Waals surface area contributed by atoms with Gasteiger partial charge >= 0.3 is 12.5 Å². The Kier molecular flexibility index (Phi) is 4.43. The third kappa shape index (κ3) is 4.12. The molecule has 0 bridgehead atoms. The summed E-state index contributed by atoms with van der Waals surface area (Å²) in [6.07, 6.45) is -1.94. The molecular formula is C13H19F2N3O3. The first-order valence-corrected chi connectivity index (χ1v) is 6.85. The van der Waals surface area contributed by atoms with Gasteiger partial charge in [0.05, 0.1) is 0 Å². The lowest BCUT2D eigenvalue weighted by Crippen LogP contribution is -2.41. The van der Waals surface area contributed by atoms with Gasteiger partial charge in [0.1, 0.15) is 5.60 Å². The molecule has 0 aliphatic carbocycles. The van der Waals surface area contributed by atoms with Crippen LogP contribution in [0.4, 0.5) is 13.6 Å². The molecule has 2 heterocycles. The van der Waals surface area contributed by atoms with Crippen molar-refractivity contribution in [3.63, 3.8) is 0 Å². The first-order valence-electron chi connectivity index (χ1n) is 6.85. The molecule has 8 heteroatoms. The van der Waals surface area contributed by atoms with Crippen molar-refractivity contribution in [3.05, 3.63) is 11.8 Å². The Morgan fingerprint density at radius 2 is 1.95 bits per heavy atom. The van der Waals surface area contributed by atoms with Crippen LogP contribution in [-0.2, 0) is 4.74 Å². The number of amides is 1. The molecule has 0 aromatic carbocycles. The van der Waals surface area contributed by atoms with Crippen LogP contribution in [0.15, 0.2) is 4.42 Å². The minimum atomic E-state index is -2.76. The number of carbonyl (C=O) groups is 1. The van der Waals surface area contributed by atoms with Crippen molar-refractivity contribution < 1.29 is 22.7 Å². The van der Waals surface area contributed by atoms with Crippen molar-refractivity contribution >= 4 is 6.09 Å². The van der Waals surface area contributed by atoms with Gasteiger partial charge in [-0.25, -0.2) is 4.79 Å². The highest BCUT2D eigenvalue weighted by atomic mass is 19.3. The van der Waals surface area contributed by atoms with E-state index >= 15 is 0 Å². The van der Waals surface area contributed by atoms with Gasteiger partial charge in [-0.3, -0.25) is 0 Å². The molecule has 2 rings (SSSR count). The predicted molar refractivity (Wildman–Crippen MR) is 69.0 cm³/mol. The van der Waals surface area contributed by atoms with Crippen LogP contribution >= 0.6 is 0 Å². The van der Waals surface area contributed by atoms with E-state index in [1.807, 2.05) is 20.8 Å². The zero-order valence-electron chi connectivity index (χ0n) is 12.3. The molecule has 0 spiro atoms. The molecule has 1 aliphatic rings. The number of ether oxygens (including phenoxy) is 1. The number of alkyl halides is 2. The van der Waals surface area contributed by atoms with Gasteiger partial charge in [-0.1, -0.05) is 0 Å². The van der Waals surface area contributed by atoms with Gasteiger partial charge < -0.3 is 14.1 Å². The van der Waals surface area contributed by atoms with Crippen LogP contribution in [0.5, 0.6) is 0 Å². The molecule has 0 unspecified atom stereocenters. The van der Waals surface area contributed by atoms with Crippen LogP contribution in [0.1, 0.15) is 57.7 Å². The average Bonchev–Trinajstić information content (AvgIpc) is 2.86. The summed E-state index contributed by atoms with van der Waals surface area (Å²) < 4.78 is 35.1. The second-order valence-electron chi connectivity index (χ2n) is 6.02. The first-order chi connectivity index (χ1) is 9.76. The second kappa shape index (κ2) is 5.95. The number of rotatable bonds is 2. The van der Waals surface area contributed by atoms with E-state index in [0.29, 0.717) is 25.9 Å². The highest BCUT2D eigenvalue weighted by Gasteiger charge is 2.30. The fourth-order valence-electron chi connectivity index (χ4n) is 2.14. The maximum atomic E-state index is 12.4. The summed E-state index contributed by atoms with van der Waals surface area (Å²) in [6.45, 7) is 6.38. The first kappa shape index (κ1) is 15.7. The molecule has 0 N–H and O–H groups in total. The van der Waals surface area contributed by atoms with E-state index in [4.69, 9.17) is 9.15 Å². The van der Waals surface area contributed by atoms with Gasteiger partial charge in [-0.05, 0) is 33.6 Å². The maximum Gasteiger partial charge on any atom is 0.410 e. The summed E-state index contributed by atoms with van der Waals surface area (Å²) in [5, 5.41) is 6.98. The number of carbonyl (C=O) groups excluding carboxylic acids is 1. The van der Waals surface area contributed by atoms with E-state index in [-0.39, 0.29) is 17.9 Å². The van der Waals surface area contributed by atoms with Crippen LogP contribution < -0.4 is 0 Å². The smallest absolute Gasteiger partial charge is 0.410 e. The van der Waals surface area contributed by atoms with E-state index in [2.05, 4.69) is 10.2 Å². The number of aromatic nitrogens is 2. The SMILES string of the molecule is CC(C)(C)OC(=O)N1CCC(c2nnc(C(F)F)o2)CC1. The predicted octanol–water partition coefficient (Wildman–Crippen LogP) is 3.12. The van der Waals surface area contributed by atoms with Crippen molar-refractivity contribution in [1.82, 2.24) is 15.1 Å². The summed E-state index contributed by atoms with van der Waals surface area (Å²) in [5.41, 5.74) is -0.535. The van der Waals surface area contributed by atoms with E-state index in [1.165, 1.54) is 0 Å². The van der Waals surface area contributed by atoms with E-state index in [1.54, 1.807) is 4.90 Å². The van der Waals surface area contributed by atoms with Crippen molar-refractivity contribution in [1.29, 1.82) is 0 Å². The monoisotopic (exact) mass is 303 g/mol. The van der Waals surface area contributed by atoms with Gasteiger partial charge in [0.15, 0.2) is 0 Å². The topological polar surface area (TPSA) is 68.5 Å². The lowest BCUT2D eigenvalue weighted by atomic mass is 9.97. The van der Waals surface area contributed by atoms with Gasteiger partial charge in [0.25, 0.3) is 5.89 Å². The van der Waals surface area contributed by atoms with E-state index in [9.17, 15) is 13.6 Å². The average molecular weight is 303 g/mol. The van der Waals surface area contributed by atoms with Crippen LogP contribution in [0.25, 0.3) is 0 Å². The fraction of sp³-hybridized carbons (Fsp3) is 0.769. The maximum absolute atomic E-state index is 12.4. The molecular weight excluding hydrogens is 284 g/mol. The zero-order chi connectivity index (χ0) is 15.6. The minimum absolute atomic E-state index is 0.0938. The van der Waals surface area contributed by atoms with E-state index in [0.717, 1.165) is 0 Å². The van der Waals surface area contributed by atoms with Crippen LogP contribution in [0.2, 0.25) is 0 Å². The van der Waals surface area contributed by atoms with Crippen LogP contribution in [0, 0.1) is 0 Å². The Bertz CT molecular complexity index is 491. The molecule has 0 atom stereocenters. The summed E-state index contributed by atoms with van der Waals surface area (Å²) in [7, 11) is 0. The molecule has 6 nitrogen and oxygen atoms in total. The zero-order valence-corrected chi connectivity index (χ0v) is 12.3. The number of hydrogen-bond acceptors (Lipinski definition) is 5. The lowest BCUT2D eigenvalue weighted by molar-refractivity contribution is 0.0198. The Hall–Kier alpha value is -1.73. The third-order valence-electron chi connectivity index (χ3n) is 3.14. The van der Waals surface area contributed by atoms with Crippen molar-refractivity contribution in [2.24, 2.45) is 0 Å². The number of piperidine rings is 1. The van der Waals surface area contributed by atoms with Crippen molar-refractivity contribution in [2.45, 2.75) is 51.6 Å². The molecule has 1 saturated heterocycles. The molecule has 118 valence electrons. The molecule has 0 radical (unpaired) electrons. The Morgan fingerprint density at radius 1 is 1.33 bits per heavy atom. The lowest BCUT2D eigenvalue weighted by Gasteiger charge is -2.32. The second-order valence-corrected chi connectivity index (χ2v) is 6.02. The Balaban J connectivity index is 1.89. The molecule has 1 aromatic rings. The van der Waals surface area contributed by atoms with E-state index < -0.39 is 17.9 Å². The Labute approximate surface area is 121 Å². The number of halogens is 2. The summed E-state index contributed by atoms with van der Waals surface area (Å²) >= 11 is 0. The molecule has 0 saturated carbocycles. The summed E-state index contributed by atoms with van der Waals surface area (Å²) in [5.74, 6) is -0.530. The normalized spacial score (nSPS) is 17.3. The molecule has 21 heavy (non-hydrogen) atoms. The van der Waals surface area contributed by atoms with Crippen LogP contribution in [-0.4, -0.2) is 39.9 Å². The van der Waals surface area contributed by atoms with Gasteiger partial charge in [-0.2, -0.15) is 8.78 Å². The van der Waals surface area contributed by atoms with Crippen molar-refractivity contribution in [2.75, 3.05) is 13.1 Å². The minimum Gasteiger partial charge on any atom is -0.444 e. The van der Waals surface area contributed by atoms with Crippen LogP contribution in [0.3, 0.4) is 0 Å². The molecule has 1 amide bonds. The standard InChI is InChI=1S/C13H19F2N3O3/c1-13(2,3)21-12(19)18-6-4-8(5-7-18)10-16-17-11(20-10)9(14)15/h8-9H,4-7H2,1-3H3. The highest BCUT2D eigenvalue weighted by Crippen LogP contribution is 2.29. The Morgan fingerprint density at radius 3 is 2.43 bits per heavy atom. The molecule has 1 aromatic heterocycles. The summed E-state index contributed by atoms with van der Waals surface area (Å²) in [4.78, 5) is 13.5. The number of hydrogen-bond donors (Lipinski definition) is 0. The quantitative estimate of drug-likeness (QED) is 0.839. The van der Waals surface area contributed by atoms with Gasteiger partial charge in [0.2, 0.25) is 5.89 Å². The highest BCUT2D eigenvalue weighted by molar-refractivity contribution is 5.68. The largest absolute Gasteiger partial charge is 0.444 e. The van der Waals surface area contributed by atoms with Gasteiger partial charge in [-0.15, -0.1) is 10.2 Å². The fourth-order valence-corrected chi connectivity index (χ4v) is 2.14.